The second kappa shape index (κ2) is 5.67. The predicted octanol–water partition coefficient (Wildman–Crippen LogP) is 2.94. The predicted molar refractivity (Wildman–Crippen MR) is 72.6 cm³/mol. The van der Waals surface area contributed by atoms with E-state index in [0.717, 1.165) is 11.1 Å². The summed E-state index contributed by atoms with van der Waals surface area (Å²) in [6.07, 6.45) is 0. The van der Waals surface area contributed by atoms with Gasteiger partial charge in [0.2, 0.25) is 5.91 Å². The summed E-state index contributed by atoms with van der Waals surface area (Å²) in [6, 6.07) is 14.9. The molecule has 0 aromatic heterocycles. The third-order valence-electron chi connectivity index (χ3n) is 2.49. The molecule has 0 saturated carbocycles. The molecule has 0 bridgehead atoms. The van der Waals surface area contributed by atoms with Crippen LogP contribution in [0.4, 0.5) is 5.69 Å². The number of rotatable bonds is 3. The molecular formula is C14H12ClNO2. The first-order valence-electron chi connectivity index (χ1n) is 5.46. The van der Waals surface area contributed by atoms with Crippen LogP contribution < -0.4 is 5.32 Å². The van der Waals surface area contributed by atoms with Crippen LogP contribution in [0.3, 0.4) is 0 Å². The molecule has 2 N–H and O–H groups in total. The molecule has 1 amide bonds. The van der Waals surface area contributed by atoms with Gasteiger partial charge in [-0.25, -0.2) is 0 Å². The highest BCUT2D eigenvalue weighted by atomic mass is 35.5. The van der Waals surface area contributed by atoms with E-state index in [1.54, 1.807) is 12.1 Å². The fraction of sp³-hybridized carbons (Fsp3) is 0.0714. The highest BCUT2D eigenvalue weighted by Crippen LogP contribution is 2.23. The molecule has 2 rings (SSSR count). The molecular weight excluding hydrogens is 250 g/mol. The molecule has 4 heteroatoms. The van der Waals surface area contributed by atoms with Crippen LogP contribution in [-0.4, -0.2) is 17.6 Å². The standard InChI is InChI=1S/C14H12ClNO2/c15-12-5-1-10(2-6-12)11-3-7-13(8-4-11)16-14(18)9-17/h1-8,17H,9H2,(H,16,18). The van der Waals surface area contributed by atoms with Crippen molar-refractivity contribution in [2.45, 2.75) is 0 Å². The number of nitrogens with one attached hydrogen (secondary N) is 1. The van der Waals surface area contributed by atoms with E-state index < -0.39 is 12.5 Å². The van der Waals surface area contributed by atoms with Crippen LogP contribution in [0, 0.1) is 0 Å². The number of amides is 1. The fourth-order valence-electron chi connectivity index (χ4n) is 1.59. The summed E-state index contributed by atoms with van der Waals surface area (Å²) in [5.74, 6) is -0.422. The topological polar surface area (TPSA) is 49.3 Å². The van der Waals surface area contributed by atoms with Crippen LogP contribution in [0.25, 0.3) is 11.1 Å². The van der Waals surface area contributed by atoms with Crippen molar-refractivity contribution in [3.05, 3.63) is 53.6 Å². The summed E-state index contributed by atoms with van der Waals surface area (Å²) in [4.78, 5) is 11.0. The number of carbonyl (C=O) groups is 1. The lowest BCUT2D eigenvalue weighted by atomic mass is 10.1. The van der Waals surface area contributed by atoms with Crippen molar-refractivity contribution in [3.8, 4) is 11.1 Å². The molecule has 92 valence electrons. The summed E-state index contributed by atoms with van der Waals surface area (Å²) in [6.45, 7) is -0.515. The number of hydrogen-bond acceptors (Lipinski definition) is 2. The number of halogens is 1. The summed E-state index contributed by atoms with van der Waals surface area (Å²) in [5.41, 5.74) is 2.75. The first-order chi connectivity index (χ1) is 8.69. The maximum atomic E-state index is 11.0. The lowest BCUT2D eigenvalue weighted by molar-refractivity contribution is -0.118. The number of aliphatic hydroxyl groups is 1. The number of carbonyl (C=O) groups excluding carboxylic acids is 1. The van der Waals surface area contributed by atoms with E-state index in [1.165, 1.54) is 0 Å². The minimum Gasteiger partial charge on any atom is -0.387 e. The molecule has 0 unspecified atom stereocenters. The van der Waals surface area contributed by atoms with Gasteiger partial charge in [0.25, 0.3) is 0 Å². The summed E-state index contributed by atoms with van der Waals surface area (Å²) >= 11 is 5.83. The van der Waals surface area contributed by atoms with Gasteiger partial charge in [-0.15, -0.1) is 0 Å². The zero-order valence-corrected chi connectivity index (χ0v) is 10.3. The first-order valence-corrected chi connectivity index (χ1v) is 5.83. The van der Waals surface area contributed by atoms with Crippen molar-refractivity contribution in [3.63, 3.8) is 0 Å². The molecule has 3 nitrogen and oxygen atoms in total. The zero-order chi connectivity index (χ0) is 13.0. The molecule has 0 saturated heterocycles. The van der Waals surface area contributed by atoms with Crippen LogP contribution in [-0.2, 0) is 4.79 Å². The molecule has 0 heterocycles. The molecule has 0 spiro atoms. The average Bonchev–Trinajstić information content (AvgIpc) is 2.40. The third kappa shape index (κ3) is 3.09. The quantitative estimate of drug-likeness (QED) is 0.893. The highest BCUT2D eigenvalue weighted by molar-refractivity contribution is 6.30. The molecule has 0 radical (unpaired) electrons. The van der Waals surface area contributed by atoms with Gasteiger partial charge in [0.15, 0.2) is 0 Å². The van der Waals surface area contributed by atoms with E-state index in [2.05, 4.69) is 5.32 Å². The molecule has 2 aromatic carbocycles. The molecule has 0 atom stereocenters. The van der Waals surface area contributed by atoms with E-state index in [4.69, 9.17) is 16.7 Å². The fourth-order valence-corrected chi connectivity index (χ4v) is 1.71. The molecule has 0 aliphatic heterocycles. The summed E-state index contributed by atoms with van der Waals surface area (Å²) in [7, 11) is 0. The van der Waals surface area contributed by atoms with Crippen molar-refractivity contribution in [1.29, 1.82) is 0 Å². The van der Waals surface area contributed by atoms with Gasteiger partial charge in [0.05, 0.1) is 0 Å². The van der Waals surface area contributed by atoms with Gasteiger partial charge in [0.1, 0.15) is 6.61 Å². The maximum absolute atomic E-state index is 11.0. The smallest absolute Gasteiger partial charge is 0.250 e. The van der Waals surface area contributed by atoms with Gasteiger partial charge >= 0.3 is 0 Å². The number of benzene rings is 2. The zero-order valence-electron chi connectivity index (χ0n) is 9.56. The number of anilines is 1. The number of hydrogen-bond donors (Lipinski definition) is 2. The highest BCUT2D eigenvalue weighted by Gasteiger charge is 2.01. The van der Waals surface area contributed by atoms with Crippen LogP contribution in [0.1, 0.15) is 0 Å². The van der Waals surface area contributed by atoms with Crippen molar-refractivity contribution < 1.29 is 9.90 Å². The molecule has 0 fully saturated rings. The molecule has 18 heavy (non-hydrogen) atoms. The Bertz CT molecular complexity index is 535. The van der Waals surface area contributed by atoms with Gasteiger partial charge in [0, 0.05) is 10.7 Å². The molecule has 0 aliphatic carbocycles. The Balaban J connectivity index is 2.17. The largest absolute Gasteiger partial charge is 0.387 e. The SMILES string of the molecule is O=C(CO)Nc1ccc(-c2ccc(Cl)cc2)cc1. The van der Waals surface area contributed by atoms with Gasteiger partial charge in [-0.05, 0) is 35.4 Å². The Morgan fingerprint density at radius 1 is 1.00 bits per heavy atom. The minimum absolute atomic E-state index is 0.422. The molecule has 0 aliphatic rings. The van der Waals surface area contributed by atoms with E-state index in [9.17, 15) is 4.79 Å². The maximum Gasteiger partial charge on any atom is 0.250 e. The Hall–Kier alpha value is -1.84. The van der Waals surface area contributed by atoms with Crippen molar-refractivity contribution in [2.75, 3.05) is 11.9 Å². The Labute approximate surface area is 110 Å². The minimum atomic E-state index is -0.515. The lowest BCUT2D eigenvalue weighted by Crippen LogP contribution is -2.15. The third-order valence-corrected chi connectivity index (χ3v) is 2.74. The van der Waals surface area contributed by atoms with E-state index in [1.807, 2.05) is 36.4 Å². The van der Waals surface area contributed by atoms with Crippen molar-refractivity contribution in [2.24, 2.45) is 0 Å². The Morgan fingerprint density at radius 2 is 1.50 bits per heavy atom. The first kappa shape index (κ1) is 12.6. The lowest BCUT2D eigenvalue weighted by Gasteiger charge is -2.05. The van der Waals surface area contributed by atoms with Crippen LogP contribution >= 0.6 is 11.6 Å². The van der Waals surface area contributed by atoms with Crippen LogP contribution in [0.15, 0.2) is 48.5 Å². The van der Waals surface area contributed by atoms with Gasteiger partial charge in [-0.2, -0.15) is 0 Å². The Kier molecular flexibility index (Phi) is 3.97. The summed E-state index contributed by atoms with van der Waals surface area (Å²) in [5, 5.41) is 11.9. The second-order valence-electron chi connectivity index (χ2n) is 3.79. The van der Waals surface area contributed by atoms with Crippen molar-refractivity contribution >= 4 is 23.2 Å². The monoisotopic (exact) mass is 261 g/mol. The summed E-state index contributed by atoms with van der Waals surface area (Å²) < 4.78 is 0. The van der Waals surface area contributed by atoms with E-state index in [-0.39, 0.29) is 0 Å². The normalized spacial score (nSPS) is 10.1. The van der Waals surface area contributed by atoms with Crippen LogP contribution in [0.5, 0.6) is 0 Å². The second-order valence-corrected chi connectivity index (χ2v) is 4.23. The Morgan fingerprint density at radius 3 is 2.00 bits per heavy atom. The van der Waals surface area contributed by atoms with Crippen molar-refractivity contribution in [1.82, 2.24) is 0 Å². The van der Waals surface area contributed by atoms with E-state index >= 15 is 0 Å². The van der Waals surface area contributed by atoms with Crippen LogP contribution in [0.2, 0.25) is 5.02 Å². The van der Waals surface area contributed by atoms with Gasteiger partial charge in [-0.3, -0.25) is 4.79 Å². The van der Waals surface area contributed by atoms with E-state index in [0.29, 0.717) is 10.7 Å². The van der Waals surface area contributed by atoms with Gasteiger partial charge < -0.3 is 10.4 Å². The number of aliphatic hydroxyl groups excluding tert-OH is 1. The average molecular weight is 262 g/mol. The molecule has 2 aromatic rings. The van der Waals surface area contributed by atoms with Gasteiger partial charge in [-0.1, -0.05) is 35.9 Å².